The van der Waals surface area contributed by atoms with E-state index >= 15 is 0 Å². The Morgan fingerprint density at radius 2 is 1.67 bits per heavy atom. The smallest absolute Gasteiger partial charge is 0.00205 e. The predicted molar refractivity (Wildman–Crippen MR) is 84.7 cm³/mol. The molecule has 1 aromatic heterocycles. The molecular weight excluding hydrogens is 236 g/mol. The van der Waals surface area contributed by atoms with Gasteiger partial charge in [0, 0.05) is 4.88 Å². The summed E-state index contributed by atoms with van der Waals surface area (Å²) in [5, 5.41) is 2.24. The first-order chi connectivity index (χ1) is 8.58. The van der Waals surface area contributed by atoms with Crippen molar-refractivity contribution in [3.05, 3.63) is 45.6 Å². The van der Waals surface area contributed by atoms with Crippen molar-refractivity contribution < 1.29 is 0 Å². The predicted octanol–water partition coefficient (Wildman–Crippen LogP) is 6.18. The first-order valence-corrected chi connectivity index (χ1v) is 7.62. The van der Waals surface area contributed by atoms with Crippen LogP contribution in [0, 0.1) is 13.8 Å². The third-order valence-corrected chi connectivity index (χ3v) is 3.82. The lowest BCUT2D eigenvalue weighted by Crippen LogP contribution is -1.89. The van der Waals surface area contributed by atoms with Crippen molar-refractivity contribution in [3.8, 4) is 11.1 Å². The molecule has 0 saturated heterocycles. The van der Waals surface area contributed by atoms with Crippen LogP contribution in [0.1, 0.15) is 49.6 Å². The Hall–Kier alpha value is -1.08. The number of hydrogen-bond acceptors (Lipinski definition) is 1. The van der Waals surface area contributed by atoms with Gasteiger partial charge >= 0.3 is 0 Å². The van der Waals surface area contributed by atoms with Crippen LogP contribution in [0.2, 0.25) is 0 Å². The van der Waals surface area contributed by atoms with Gasteiger partial charge in [0.1, 0.15) is 0 Å². The van der Waals surface area contributed by atoms with E-state index < -0.39 is 0 Å². The van der Waals surface area contributed by atoms with E-state index in [1.165, 1.54) is 27.1 Å². The highest BCUT2D eigenvalue weighted by Crippen LogP contribution is 2.29. The van der Waals surface area contributed by atoms with Gasteiger partial charge in [-0.05, 0) is 53.5 Å². The standard InChI is InChI=1S/C15H18S.C2H6/c1-10(2)13-5-6-15(11(3)7-13)14-8-12(4)16-9-14;1-2/h5-10H,1-4H3;1-2H3. The Balaban J connectivity index is 0.000000771. The summed E-state index contributed by atoms with van der Waals surface area (Å²) in [5.74, 6) is 0.608. The van der Waals surface area contributed by atoms with Crippen LogP contribution in [-0.4, -0.2) is 0 Å². The third kappa shape index (κ3) is 3.46. The molecule has 0 radical (unpaired) electrons. The van der Waals surface area contributed by atoms with E-state index in [-0.39, 0.29) is 0 Å². The molecule has 0 aliphatic carbocycles. The summed E-state index contributed by atoms with van der Waals surface area (Å²) in [6.45, 7) is 12.8. The van der Waals surface area contributed by atoms with Crippen molar-refractivity contribution in [1.29, 1.82) is 0 Å². The molecule has 0 bridgehead atoms. The number of benzene rings is 1. The molecule has 0 fully saturated rings. The fourth-order valence-corrected chi connectivity index (χ4v) is 2.66. The number of aryl methyl sites for hydroxylation is 2. The van der Waals surface area contributed by atoms with Crippen LogP contribution in [0.3, 0.4) is 0 Å². The quantitative estimate of drug-likeness (QED) is 0.604. The number of hydrogen-bond donors (Lipinski definition) is 0. The molecular formula is C17H24S. The lowest BCUT2D eigenvalue weighted by atomic mass is 9.95. The first kappa shape index (κ1) is 15.0. The van der Waals surface area contributed by atoms with Crippen molar-refractivity contribution in [1.82, 2.24) is 0 Å². The minimum absolute atomic E-state index is 0.608. The maximum Gasteiger partial charge on any atom is 0.00205 e. The van der Waals surface area contributed by atoms with Gasteiger partial charge in [0.05, 0.1) is 0 Å². The van der Waals surface area contributed by atoms with Crippen LogP contribution in [0.4, 0.5) is 0 Å². The van der Waals surface area contributed by atoms with Gasteiger partial charge in [-0.3, -0.25) is 0 Å². The zero-order chi connectivity index (χ0) is 13.7. The molecule has 0 unspecified atom stereocenters. The molecule has 1 heterocycles. The molecule has 0 nitrogen and oxygen atoms in total. The molecule has 0 saturated carbocycles. The lowest BCUT2D eigenvalue weighted by molar-refractivity contribution is 0.865. The van der Waals surface area contributed by atoms with Crippen molar-refractivity contribution >= 4 is 11.3 Å². The lowest BCUT2D eigenvalue weighted by Gasteiger charge is -2.09. The SMILES string of the molecule is CC.Cc1cc(-c2ccc(C(C)C)cc2C)cs1. The second kappa shape index (κ2) is 6.75. The van der Waals surface area contributed by atoms with E-state index in [0.717, 1.165) is 0 Å². The summed E-state index contributed by atoms with van der Waals surface area (Å²) in [7, 11) is 0. The molecule has 1 aromatic carbocycles. The highest BCUT2D eigenvalue weighted by molar-refractivity contribution is 7.10. The van der Waals surface area contributed by atoms with Crippen molar-refractivity contribution in [2.45, 2.75) is 47.5 Å². The Labute approximate surface area is 116 Å². The van der Waals surface area contributed by atoms with E-state index in [0.29, 0.717) is 5.92 Å². The van der Waals surface area contributed by atoms with Crippen LogP contribution in [-0.2, 0) is 0 Å². The van der Waals surface area contributed by atoms with Crippen molar-refractivity contribution in [2.75, 3.05) is 0 Å². The normalized spacial score (nSPS) is 10.2. The minimum atomic E-state index is 0.608. The minimum Gasteiger partial charge on any atom is -0.149 e. The van der Waals surface area contributed by atoms with Crippen LogP contribution in [0.5, 0.6) is 0 Å². The van der Waals surface area contributed by atoms with E-state index in [2.05, 4.69) is 57.3 Å². The summed E-state index contributed by atoms with van der Waals surface area (Å²) in [4.78, 5) is 1.38. The fourth-order valence-electron chi connectivity index (χ4n) is 1.95. The highest BCUT2D eigenvalue weighted by Gasteiger charge is 2.06. The molecule has 0 aliphatic rings. The van der Waals surface area contributed by atoms with Crippen molar-refractivity contribution in [3.63, 3.8) is 0 Å². The second-order valence-electron chi connectivity index (χ2n) is 4.68. The summed E-state index contributed by atoms with van der Waals surface area (Å²) in [6.07, 6.45) is 0. The van der Waals surface area contributed by atoms with Crippen molar-refractivity contribution in [2.24, 2.45) is 0 Å². The van der Waals surface area contributed by atoms with E-state index in [1.807, 2.05) is 25.2 Å². The average molecular weight is 260 g/mol. The first-order valence-electron chi connectivity index (χ1n) is 6.74. The largest absolute Gasteiger partial charge is 0.149 e. The Bertz CT molecular complexity index is 492. The van der Waals surface area contributed by atoms with Crippen LogP contribution in [0.15, 0.2) is 29.6 Å². The van der Waals surface area contributed by atoms with E-state index in [9.17, 15) is 0 Å². The topological polar surface area (TPSA) is 0 Å². The van der Waals surface area contributed by atoms with Gasteiger partial charge in [-0.15, -0.1) is 11.3 Å². The van der Waals surface area contributed by atoms with E-state index in [1.54, 1.807) is 0 Å². The number of rotatable bonds is 2. The average Bonchev–Trinajstić information content (AvgIpc) is 2.78. The monoisotopic (exact) mass is 260 g/mol. The molecule has 0 atom stereocenters. The molecule has 1 heteroatoms. The van der Waals surface area contributed by atoms with Gasteiger partial charge in [0.2, 0.25) is 0 Å². The summed E-state index contributed by atoms with van der Waals surface area (Å²) < 4.78 is 0. The van der Waals surface area contributed by atoms with Gasteiger partial charge in [-0.1, -0.05) is 45.9 Å². The molecule has 0 spiro atoms. The van der Waals surface area contributed by atoms with Crippen LogP contribution >= 0.6 is 11.3 Å². The molecule has 0 N–H and O–H groups in total. The van der Waals surface area contributed by atoms with Gasteiger partial charge in [-0.25, -0.2) is 0 Å². The zero-order valence-electron chi connectivity index (χ0n) is 12.4. The highest BCUT2D eigenvalue weighted by atomic mass is 32.1. The number of thiophene rings is 1. The Kier molecular flexibility index (Phi) is 5.61. The van der Waals surface area contributed by atoms with Gasteiger partial charge in [0.25, 0.3) is 0 Å². The molecule has 0 amide bonds. The summed E-state index contributed by atoms with van der Waals surface area (Å²) >= 11 is 1.82. The van der Waals surface area contributed by atoms with Crippen LogP contribution in [0.25, 0.3) is 11.1 Å². The van der Waals surface area contributed by atoms with Gasteiger partial charge in [-0.2, -0.15) is 0 Å². The fraction of sp³-hybridized carbons (Fsp3) is 0.412. The van der Waals surface area contributed by atoms with E-state index in [4.69, 9.17) is 0 Å². The molecule has 0 aliphatic heterocycles. The maximum atomic E-state index is 2.31. The molecule has 98 valence electrons. The molecule has 2 aromatic rings. The summed E-state index contributed by atoms with van der Waals surface area (Å²) in [6, 6.07) is 9.08. The third-order valence-electron chi connectivity index (χ3n) is 2.96. The molecule has 18 heavy (non-hydrogen) atoms. The Morgan fingerprint density at radius 1 is 1.00 bits per heavy atom. The van der Waals surface area contributed by atoms with Gasteiger partial charge in [0.15, 0.2) is 0 Å². The van der Waals surface area contributed by atoms with Crippen LogP contribution < -0.4 is 0 Å². The maximum absolute atomic E-state index is 2.31. The second-order valence-corrected chi connectivity index (χ2v) is 5.79. The molecule has 2 rings (SSSR count). The zero-order valence-corrected chi connectivity index (χ0v) is 13.2. The summed E-state index contributed by atoms with van der Waals surface area (Å²) in [5.41, 5.74) is 5.53. The van der Waals surface area contributed by atoms with Gasteiger partial charge < -0.3 is 0 Å². The Morgan fingerprint density at radius 3 is 2.11 bits per heavy atom.